The molecule has 1 aromatic rings. The fourth-order valence-corrected chi connectivity index (χ4v) is 2.44. The Morgan fingerprint density at radius 3 is 2.95 bits per heavy atom. The fraction of sp³-hybridized carbons (Fsp3) is 0.500. The molecule has 0 spiro atoms. The summed E-state index contributed by atoms with van der Waals surface area (Å²) in [4.78, 5) is 13.7. The summed E-state index contributed by atoms with van der Waals surface area (Å²) in [5, 5.41) is 15.6. The van der Waals surface area contributed by atoms with Crippen molar-refractivity contribution in [3.05, 3.63) is 23.8 Å². The van der Waals surface area contributed by atoms with Crippen LogP contribution in [0.3, 0.4) is 0 Å². The Morgan fingerprint density at radius 1 is 1.55 bits per heavy atom. The molecule has 6 heteroatoms. The van der Waals surface area contributed by atoms with E-state index in [1.165, 1.54) is 0 Å². The molecule has 0 radical (unpaired) electrons. The first kappa shape index (κ1) is 14.8. The highest BCUT2D eigenvalue weighted by Gasteiger charge is 2.29. The second-order valence-corrected chi connectivity index (χ2v) is 4.97. The summed E-state index contributed by atoms with van der Waals surface area (Å²) in [6.45, 7) is 0.768. The van der Waals surface area contributed by atoms with Crippen LogP contribution in [0.15, 0.2) is 18.2 Å². The van der Waals surface area contributed by atoms with Crippen molar-refractivity contribution in [1.29, 1.82) is 0 Å². The molecular formula is C14H21N3O3. The van der Waals surface area contributed by atoms with Crippen molar-refractivity contribution in [2.24, 2.45) is 0 Å². The SMILES string of the molecule is CNC1C(=O)Nc2cc(N(C)CC(O)COC)ccc21. The number of fused-ring (bicyclic) bond motifs is 1. The molecule has 0 saturated heterocycles. The lowest BCUT2D eigenvalue weighted by atomic mass is 10.1. The van der Waals surface area contributed by atoms with Crippen molar-refractivity contribution >= 4 is 17.3 Å². The number of aliphatic hydroxyl groups is 1. The summed E-state index contributed by atoms with van der Waals surface area (Å²) >= 11 is 0. The van der Waals surface area contributed by atoms with Crippen LogP contribution >= 0.6 is 0 Å². The van der Waals surface area contributed by atoms with Gasteiger partial charge in [0.15, 0.2) is 0 Å². The second kappa shape index (κ2) is 6.21. The maximum absolute atomic E-state index is 11.8. The summed E-state index contributed by atoms with van der Waals surface area (Å²) < 4.78 is 4.92. The number of hydrogen-bond donors (Lipinski definition) is 3. The van der Waals surface area contributed by atoms with Gasteiger partial charge in [-0.1, -0.05) is 6.07 Å². The number of nitrogens with zero attached hydrogens (tertiary/aromatic N) is 1. The monoisotopic (exact) mass is 279 g/mol. The zero-order chi connectivity index (χ0) is 14.7. The van der Waals surface area contributed by atoms with Gasteiger partial charge >= 0.3 is 0 Å². The third-order valence-corrected chi connectivity index (χ3v) is 3.44. The van der Waals surface area contributed by atoms with Crippen LogP contribution in [0, 0.1) is 0 Å². The van der Waals surface area contributed by atoms with Crippen LogP contribution in [0.25, 0.3) is 0 Å². The number of carbonyl (C=O) groups is 1. The van der Waals surface area contributed by atoms with Gasteiger partial charge in [-0.25, -0.2) is 0 Å². The van der Waals surface area contributed by atoms with Gasteiger partial charge in [-0.3, -0.25) is 4.79 Å². The summed E-state index contributed by atoms with van der Waals surface area (Å²) in [5.41, 5.74) is 2.71. The molecule has 2 rings (SSSR count). The molecule has 0 bridgehead atoms. The molecule has 0 fully saturated rings. The minimum absolute atomic E-state index is 0.0401. The van der Waals surface area contributed by atoms with Crippen molar-refractivity contribution in [3.8, 4) is 0 Å². The number of likely N-dealkylation sites (N-methyl/N-ethyl adjacent to an activating group) is 2. The molecule has 1 aromatic carbocycles. The minimum atomic E-state index is -0.544. The summed E-state index contributed by atoms with van der Waals surface area (Å²) in [6.07, 6.45) is -0.544. The van der Waals surface area contributed by atoms with Gasteiger partial charge in [-0.05, 0) is 19.2 Å². The first-order chi connectivity index (χ1) is 9.56. The number of rotatable bonds is 6. The van der Waals surface area contributed by atoms with Gasteiger partial charge in [0.2, 0.25) is 5.91 Å². The lowest BCUT2D eigenvalue weighted by Crippen LogP contribution is -2.31. The smallest absolute Gasteiger partial charge is 0.246 e. The molecule has 1 amide bonds. The number of nitrogens with one attached hydrogen (secondary N) is 2. The molecule has 0 saturated carbocycles. The third-order valence-electron chi connectivity index (χ3n) is 3.44. The summed E-state index contributed by atoms with van der Waals surface area (Å²) in [5.74, 6) is -0.0401. The van der Waals surface area contributed by atoms with Gasteiger partial charge < -0.3 is 25.4 Å². The van der Waals surface area contributed by atoms with Crippen LogP contribution in [-0.4, -0.2) is 51.5 Å². The number of carbonyl (C=O) groups excluding carboxylic acids is 1. The van der Waals surface area contributed by atoms with Crippen LogP contribution < -0.4 is 15.5 Å². The highest BCUT2D eigenvalue weighted by Crippen LogP contribution is 2.33. The topological polar surface area (TPSA) is 73.8 Å². The van der Waals surface area contributed by atoms with Crippen LogP contribution in [0.5, 0.6) is 0 Å². The van der Waals surface area contributed by atoms with Crippen molar-refractivity contribution in [3.63, 3.8) is 0 Å². The van der Waals surface area contributed by atoms with Crippen LogP contribution in [0.1, 0.15) is 11.6 Å². The number of benzene rings is 1. The number of hydrogen-bond acceptors (Lipinski definition) is 5. The lowest BCUT2D eigenvalue weighted by molar-refractivity contribution is -0.117. The summed E-state index contributed by atoms with van der Waals surface area (Å²) in [7, 11) is 5.22. The van der Waals surface area contributed by atoms with Crippen molar-refractivity contribution in [2.75, 3.05) is 44.6 Å². The van der Waals surface area contributed by atoms with Crippen LogP contribution in [0.4, 0.5) is 11.4 Å². The average Bonchev–Trinajstić information content (AvgIpc) is 2.72. The molecule has 1 aliphatic heterocycles. The van der Waals surface area contributed by atoms with E-state index >= 15 is 0 Å². The Morgan fingerprint density at radius 2 is 2.30 bits per heavy atom. The summed E-state index contributed by atoms with van der Waals surface area (Å²) in [6, 6.07) is 5.51. The van der Waals surface area contributed by atoms with E-state index in [1.54, 1.807) is 14.2 Å². The average molecular weight is 279 g/mol. The zero-order valence-corrected chi connectivity index (χ0v) is 12.0. The third kappa shape index (κ3) is 2.92. The predicted octanol–water partition coefficient (Wildman–Crippen LogP) is 0.343. The highest BCUT2D eigenvalue weighted by molar-refractivity contribution is 6.03. The Balaban J connectivity index is 2.12. The number of amides is 1. The first-order valence-corrected chi connectivity index (χ1v) is 6.57. The Kier molecular flexibility index (Phi) is 4.59. The molecule has 3 N–H and O–H groups in total. The molecule has 1 heterocycles. The van der Waals surface area contributed by atoms with Crippen molar-refractivity contribution in [2.45, 2.75) is 12.1 Å². The molecule has 6 nitrogen and oxygen atoms in total. The molecule has 20 heavy (non-hydrogen) atoms. The van der Waals surface area contributed by atoms with E-state index in [0.29, 0.717) is 13.2 Å². The van der Waals surface area contributed by atoms with E-state index in [-0.39, 0.29) is 11.9 Å². The van der Waals surface area contributed by atoms with E-state index < -0.39 is 6.10 Å². The van der Waals surface area contributed by atoms with Gasteiger partial charge in [0, 0.05) is 37.6 Å². The second-order valence-electron chi connectivity index (χ2n) is 4.97. The van der Waals surface area contributed by atoms with Gasteiger partial charge in [0.1, 0.15) is 6.04 Å². The van der Waals surface area contributed by atoms with Crippen LogP contribution in [-0.2, 0) is 9.53 Å². The maximum Gasteiger partial charge on any atom is 0.246 e. The normalized spacial score (nSPS) is 18.6. The molecule has 0 aromatic heterocycles. The van der Waals surface area contributed by atoms with E-state index in [1.807, 2.05) is 30.1 Å². The maximum atomic E-state index is 11.8. The fourth-order valence-electron chi connectivity index (χ4n) is 2.44. The quantitative estimate of drug-likeness (QED) is 0.700. The highest BCUT2D eigenvalue weighted by atomic mass is 16.5. The molecule has 0 aliphatic carbocycles. The largest absolute Gasteiger partial charge is 0.389 e. The Bertz CT molecular complexity index is 493. The van der Waals surface area contributed by atoms with Gasteiger partial charge in [0.05, 0.1) is 12.7 Å². The van der Waals surface area contributed by atoms with Crippen molar-refractivity contribution in [1.82, 2.24) is 5.32 Å². The van der Waals surface area contributed by atoms with Crippen molar-refractivity contribution < 1.29 is 14.6 Å². The molecular weight excluding hydrogens is 258 g/mol. The Labute approximate surface area is 118 Å². The zero-order valence-electron chi connectivity index (χ0n) is 12.0. The van der Waals surface area contributed by atoms with E-state index in [0.717, 1.165) is 16.9 Å². The molecule has 110 valence electrons. The number of anilines is 2. The number of aliphatic hydroxyl groups excluding tert-OH is 1. The number of ether oxygens (including phenoxy) is 1. The standard InChI is InChI=1S/C14H21N3O3/c1-15-13-11-5-4-9(6-12(11)16-14(13)19)17(2)7-10(18)8-20-3/h4-6,10,13,15,18H,7-8H2,1-3H3,(H,16,19). The van der Waals surface area contributed by atoms with Gasteiger partial charge in [-0.15, -0.1) is 0 Å². The lowest BCUT2D eigenvalue weighted by Gasteiger charge is -2.23. The van der Waals surface area contributed by atoms with E-state index in [9.17, 15) is 9.90 Å². The molecule has 2 unspecified atom stereocenters. The number of methoxy groups -OCH3 is 1. The Hall–Kier alpha value is -1.63. The first-order valence-electron chi connectivity index (χ1n) is 6.57. The molecule has 1 aliphatic rings. The van der Waals surface area contributed by atoms with E-state index in [4.69, 9.17) is 4.74 Å². The van der Waals surface area contributed by atoms with Gasteiger partial charge in [-0.2, -0.15) is 0 Å². The van der Waals surface area contributed by atoms with Crippen LogP contribution in [0.2, 0.25) is 0 Å². The minimum Gasteiger partial charge on any atom is -0.389 e. The molecule has 2 atom stereocenters. The predicted molar refractivity (Wildman–Crippen MR) is 78.0 cm³/mol. The van der Waals surface area contributed by atoms with E-state index in [2.05, 4.69) is 10.6 Å². The van der Waals surface area contributed by atoms with Gasteiger partial charge in [0.25, 0.3) is 0 Å².